The fourth-order valence-corrected chi connectivity index (χ4v) is 2.06. The molecular formula is C11H16ClN3O. The minimum atomic E-state index is 0.327. The lowest BCUT2D eigenvalue weighted by Gasteiger charge is -2.24. The molecule has 1 unspecified atom stereocenters. The summed E-state index contributed by atoms with van der Waals surface area (Å²) in [7, 11) is 0. The van der Waals surface area contributed by atoms with Gasteiger partial charge >= 0.3 is 0 Å². The van der Waals surface area contributed by atoms with E-state index in [1.165, 1.54) is 6.33 Å². The molecule has 1 fully saturated rings. The van der Waals surface area contributed by atoms with Crippen molar-refractivity contribution in [3.8, 4) is 0 Å². The lowest BCUT2D eigenvalue weighted by molar-refractivity contribution is 0.115. The number of rotatable bonds is 4. The van der Waals surface area contributed by atoms with Gasteiger partial charge in [0.15, 0.2) is 0 Å². The SMILES string of the molecule is CCN(CC1CCCO1)c1cc(Cl)ncn1. The van der Waals surface area contributed by atoms with Crippen LogP contribution in [0.4, 0.5) is 5.82 Å². The minimum Gasteiger partial charge on any atom is -0.376 e. The molecule has 1 saturated heterocycles. The van der Waals surface area contributed by atoms with Crippen molar-refractivity contribution in [3.05, 3.63) is 17.5 Å². The van der Waals surface area contributed by atoms with Crippen molar-refractivity contribution >= 4 is 17.4 Å². The van der Waals surface area contributed by atoms with E-state index < -0.39 is 0 Å². The zero-order valence-electron chi connectivity index (χ0n) is 9.40. The van der Waals surface area contributed by atoms with Crippen LogP contribution in [-0.2, 0) is 4.74 Å². The molecule has 0 bridgehead atoms. The monoisotopic (exact) mass is 241 g/mol. The average Bonchev–Trinajstić information content (AvgIpc) is 2.78. The molecule has 0 aliphatic carbocycles. The molecule has 1 aliphatic heterocycles. The summed E-state index contributed by atoms with van der Waals surface area (Å²) < 4.78 is 5.62. The van der Waals surface area contributed by atoms with E-state index in [0.717, 1.165) is 38.4 Å². The quantitative estimate of drug-likeness (QED) is 0.757. The third-order valence-electron chi connectivity index (χ3n) is 2.77. The lowest BCUT2D eigenvalue weighted by Crippen LogP contribution is -2.32. The van der Waals surface area contributed by atoms with Gasteiger partial charge in [0.05, 0.1) is 6.10 Å². The Balaban J connectivity index is 2.03. The van der Waals surface area contributed by atoms with E-state index in [4.69, 9.17) is 16.3 Å². The molecule has 16 heavy (non-hydrogen) atoms. The van der Waals surface area contributed by atoms with Crippen LogP contribution < -0.4 is 4.90 Å². The number of likely N-dealkylation sites (N-methyl/N-ethyl adjacent to an activating group) is 1. The van der Waals surface area contributed by atoms with Gasteiger partial charge in [0.2, 0.25) is 0 Å². The summed E-state index contributed by atoms with van der Waals surface area (Å²) in [6.07, 6.45) is 4.12. The predicted octanol–water partition coefficient (Wildman–Crippen LogP) is 2.14. The summed E-state index contributed by atoms with van der Waals surface area (Å²) in [6, 6.07) is 1.79. The summed E-state index contributed by atoms with van der Waals surface area (Å²) in [6.45, 7) is 4.76. The van der Waals surface area contributed by atoms with Crippen molar-refractivity contribution in [3.63, 3.8) is 0 Å². The van der Waals surface area contributed by atoms with E-state index in [0.29, 0.717) is 11.3 Å². The topological polar surface area (TPSA) is 38.2 Å². The number of anilines is 1. The van der Waals surface area contributed by atoms with Crippen molar-refractivity contribution < 1.29 is 4.74 Å². The van der Waals surface area contributed by atoms with Crippen LogP contribution in [0.25, 0.3) is 0 Å². The summed E-state index contributed by atoms with van der Waals surface area (Å²) in [4.78, 5) is 10.3. The van der Waals surface area contributed by atoms with Crippen LogP contribution in [0.15, 0.2) is 12.4 Å². The first kappa shape index (κ1) is 11.6. The third-order valence-corrected chi connectivity index (χ3v) is 2.98. The molecule has 2 rings (SSSR count). The zero-order chi connectivity index (χ0) is 11.4. The molecule has 1 aromatic heterocycles. The molecule has 1 aliphatic rings. The van der Waals surface area contributed by atoms with E-state index in [1.807, 2.05) is 0 Å². The number of hydrogen-bond acceptors (Lipinski definition) is 4. The molecule has 0 saturated carbocycles. The van der Waals surface area contributed by atoms with Crippen LogP contribution in [-0.4, -0.2) is 35.8 Å². The first-order valence-electron chi connectivity index (χ1n) is 5.63. The van der Waals surface area contributed by atoms with Gasteiger partial charge < -0.3 is 9.64 Å². The highest BCUT2D eigenvalue weighted by Gasteiger charge is 2.19. The molecule has 0 N–H and O–H groups in total. The second kappa shape index (κ2) is 5.46. The van der Waals surface area contributed by atoms with Crippen LogP contribution in [0.2, 0.25) is 5.15 Å². The van der Waals surface area contributed by atoms with Crippen molar-refractivity contribution in [2.45, 2.75) is 25.9 Å². The zero-order valence-corrected chi connectivity index (χ0v) is 10.2. The molecule has 0 amide bonds. The predicted molar refractivity (Wildman–Crippen MR) is 63.9 cm³/mol. The summed E-state index contributed by atoms with van der Waals surface area (Å²) in [5.41, 5.74) is 0. The average molecular weight is 242 g/mol. The molecule has 1 atom stereocenters. The second-order valence-electron chi connectivity index (χ2n) is 3.87. The molecular weight excluding hydrogens is 226 g/mol. The van der Waals surface area contributed by atoms with Gasteiger partial charge in [-0.3, -0.25) is 0 Å². The molecule has 88 valence electrons. The van der Waals surface area contributed by atoms with Gasteiger partial charge in [-0.05, 0) is 19.8 Å². The van der Waals surface area contributed by atoms with Crippen LogP contribution in [0, 0.1) is 0 Å². The Bertz CT molecular complexity index is 342. The summed E-state index contributed by atoms with van der Waals surface area (Å²) >= 11 is 5.85. The van der Waals surface area contributed by atoms with Gasteiger partial charge in [0.25, 0.3) is 0 Å². The van der Waals surface area contributed by atoms with Crippen molar-refractivity contribution in [2.24, 2.45) is 0 Å². The van der Waals surface area contributed by atoms with Gasteiger partial charge in [-0.15, -0.1) is 0 Å². The Labute approximate surface area is 101 Å². The van der Waals surface area contributed by atoms with Crippen LogP contribution >= 0.6 is 11.6 Å². The molecule has 5 heteroatoms. The first-order valence-corrected chi connectivity index (χ1v) is 6.01. The van der Waals surface area contributed by atoms with Gasteiger partial charge in [0, 0.05) is 25.8 Å². The molecule has 0 radical (unpaired) electrons. The summed E-state index contributed by atoms with van der Waals surface area (Å²) in [5, 5.41) is 0.482. The van der Waals surface area contributed by atoms with Crippen molar-refractivity contribution in [1.29, 1.82) is 0 Å². The first-order chi connectivity index (χ1) is 7.79. The lowest BCUT2D eigenvalue weighted by atomic mass is 10.2. The van der Waals surface area contributed by atoms with Crippen molar-refractivity contribution in [1.82, 2.24) is 9.97 Å². The van der Waals surface area contributed by atoms with Gasteiger partial charge in [-0.1, -0.05) is 11.6 Å². The van der Waals surface area contributed by atoms with Crippen LogP contribution in [0.1, 0.15) is 19.8 Å². The van der Waals surface area contributed by atoms with E-state index in [1.54, 1.807) is 6.07 Å². The van der Waals surface area contributed by atoms with E-state index in [2.05, 4.69) is 21.8 Å². The molecule has 2 heterocycles. The summed E-state index contributed by atoms with van der Waals surface area (Å²) in [5.74, 6) is 0.873. The molecule has 0 aromatic carbocycles. The maximum atomic E-state index is 5.85. The Kier molecular flexibility index (Phi) is 3.96. The van der Waals surface area contributed by atoms with E-state index >= 15 is 0 Å². The smallest absolute Gasteiger partial charge is 0.134 e. The normalized spacial score (nSPS) is 20.0. The van der Waals surface area contributed by atoms with E-state index in [-0.39, 0.29) is 0 Å². The maximum absolute atomic E-state index is 5.85. The van der Waals surface area contributed by atoms with Gasteiger partial charge in [0.1, 0.15) is 17.3 Å². The van der Waals surface area contributed by atoms with Crippen LogP contribution in [0.5, 0.6) is 0 Å². The van der Waals surface area contributed by atoms with Crippen molar-refractivity contribution in [2.75, 3.05) is 24.6 Å². The highest BCUT2D eigenvalue weighted by atomic mass is 35.5. The van der Waals surface area contributed by atoms with Crippen LogP contribution in [0.3, 0.4) is 0 Å². The Morgan fingerprint density at radius 1 is 1.56 bits per heavy atom. The Morgan fingerprint density at radius 3 is 3.06 bits per heavy atom. The molecule has 1 aromatic rings. The number of hydrogen-bond donors (Lipinski definition) is 0. The number of halogens is 1. The van der Waals surface area contributed by atoms with Gasteiger partial charge in [-0.25, -0.2) is 9.97 Å². The van der Waals surface area contributed by atoms with Gasteiger partial charge in [-0.2, -0.15) is 0 Å². The standard InChI is InChI=1S/C11H16ClN3O/c1-2-15(7-9-4-3-5-16-9)11-6-10(12)13-8-14-11/h6,8-9H,2-5,7H2,1H3. The Morgan fingerprint density at radius 2 is 2.44 bits per heavy atom. The number of nitrogens with zero attached hydrogens (tertiary/aromatic N) is 3. The van der Waals surface area contributed by atoms with E-state index in [9.17, 15) is 0 Å². The Hall–Kier alpha value is -0.870. The fourth-order valence-electron chi connectivity index (χ4n) is 1.92. The highest BCUT2D eigenvalue weighted by molar-refractivity contribution is 6.29. The fraction of sp³-hybridized carbons (Fsp3) is 0.636. The second-order valence-corrected chi connectivity index (χ2v) is 4.26. The minimum absolute atomic E-state index is 0.327. The highest BCUT2D eigenvalue weighted by Crippen LogP contribution is 2.18. The maximum Gasteiger partial charge on any atom is 0.134 e. The molecule has 4 nitrogen and oxygen atoms in total. The largest absolute Gasteiger partial charge is 0.376 e. The number of ether oxygens (including phenoxy) is 1. The third kappa shape index (κ3) is 2.83. The molecule has 0 spiro atoms. The number of aromatic nitrogens is 2.